The number of allylic oxidation sites excluding steroid dienone is 2. The molecule has 0 amide bonds. The summed E-state index contributed by atoms with van der Waals surface area (Å²) in [6.07, 6.45) is 5.26. The number of pyridine rings is 1. The summed E-state index contributed by atoms with van der Waals surface area (Å²) in [4.78, 5) is 20.4. The summed E-state index contributed by atoms with van der Waals surface area (Å²) < 4.78 is 0.996. The average molecular weight is 324 g/mol. The van der Waals surface area contributed by atoms with Crippen molar-refractivity contribution in [2.75, 3.05) is 0 Å². The lowest BCUT2D eigenvalue weighted by Gasteiger charge is -2.29. The fourth-order valence-electron chi connectivity index (χ4n) is 2.02. The van der Waals surface area contributed by atoms with Gasteiger partial charge in [-0.2, -0.15) is 0 Å². The van der Waals surface area contributed by atoms with Crippen LogP contribution in [0.4, 0.5) is 0 Å². The lowest BCUT2D eigenvalue weighted by atomic mass is 10.2. The molecule has 3 heterocycles. The van der Waals surface area contributed by atoms with Crippen LogP contribution in [0.15, 0.2) is 41.5 Å². The molecule has 0 saturated heterocycles. The van der Waals surface area contributed by atoms with Crippen LogP contribution in [0.25, 0.3) is 10.2 Å². The Morgan fingerprint density at radius 1 is 1.52 bits per heavy atom. The quantitative estimate of drug-likeness (QED) is 0.527. The summed E-state index contributed by atoms with van der Waals surface area (Å²) >= 11 is 7.58. The highest BCUT2D eigenvalue weighted by Gasteiger charge is 2.31. The molecule has 2 aromatic heterocycles. The van der Waals surface area contributed by atoms with Crippen molar-refractivity contribution in [1.29, 1.82) is 0 Å². The minimum atomic E-state index is -0.900. The van der Waals surface area contributed by atoms with Gasteiger partial charge in [0.25, 0.3) is 5.70 Å². The maximum atomic E-state index is 10.9. The van der Waals surface area contributed by atoms with Crippen molar-refractivity contribution in [3.8, 4) is 0 Å². The van der Waals surface area contributed by atoms with Gasteiger partial charge in [-0.05, 0) is 12.1 Å². The zero-order valence-electron chi connectivity index (χ0n) is 10.6. The first-order valence-electron chi connectivity index (χ1n) is 5.99. The number of thiazole rings is 1. The van der Waals surface area contributed by atoms with Gasteiger partial charge in [-0.15, -0.1) is 11.3 Å². The molecule has 7 nitrogen and oxygen atoms in total. The van der Waals surface area contributed by atoms with Crippen LogP contribution in [0, 0.1) is 10.1 Å². The van der Waals surface area contributed by atoms with Gasteiger partial charge in [0.2, 0.25) is 0 Å². The van der Waals surface area contributed by atoms with Gasteiger partial charge in [-0.3, -0.25) is 15.1 Å². The summed E-state index contributed by atoms with van der Waals surface area (Å²) in [5.41, 5.74) is 6.60. The van der Waals surface area contributed by atoms with E-state index in [1.165, 1.54) is 23.5 Å². The van der Waals surface area contributed by atoms with Crippen LogP contribution < -0.4 is 5.73 Å². The molecule has 0 saturated carbocycles. The Hall–Kier alpha value is -2.03. The van der Waals surface area contributed by atoms with Crippen molar-refractivity contribution in [3.63, 3.8) is 0 Å². The number of rotatable bonds is 3. The summed E-state index contributed by atoms with van der Waals surface area (Å²) in [6.45, 7) is 0.307. The molecule has 21 heavy (non-hydrogen) atoms. The first-order chi connectivity index (χ1) is 10.1. The molecule has 1 atom stereocenters. The molecule has 0 aliphatic carbocycles. The molecule has 1 aliphatic rings. The molecule has 2 aromatic rings. The summed E-state index contributed by atoms with van der Waals surface area (Å²) in [7, 11) is 0. The molecule has 108 valence electrons. The van der Waals surface area contributed by atoms with Gasteiger partial charge < -0.3 is 10.6 Å². The Kier molecular flexibility index (Phi) is 3.58. The van der Waals surface area contributed by atoms with E-state index in [1.807, 2.05) is 6.07 Å². The van der Waals surface area contributed by atoms with Crippen LogP contribution in [0.3, 0.4) is 0 Å². The van der Waals surface area contributed by atoms with Crippen LogP contribution in [-0.2, 0) is 6.54 Å². The molecule has 0 spiro atoms. The van der Waals surface area contributed by atoms with Crippen LogP contribution in [-0.4, -0.2) is 26.0 Å². The molecular formula is C12H10ClN5O2S. The van der Waals surface area contributed by atoms with Crippen LogP contribution in [0.5, 0.6) is 0 Å². The number of hydrogen-bond donors (Lipinski definition) is 1. The van der Waals surface area contributed by atoms with Crippen molar-refractivity contribution in [1.82, 2.24) is 14.9 Å². The number of aromatic nitrogens is 2. The Bertz CT molecular complexity index is 739. The summed E-state index contributed by atoms with van der Waals surface area (Å²) in [5.74, 6) is 0. The maximum Gasteiger partial charge on any atom is 0.283 e. The van der Waals surface area contributed by atoms with Gasteiger partial charge in [0.05, 0.1) is 27.9 Å². The fourth-order valence-corrected chi connectivity index (χ4v) is 3.19. The van der Waals surface area contributed by atoms with Gasteiger partial charge in [0, 0.05) is 12.3 Å². The normalized spacial score (nSPS) is 18.6. The molecule has 0 fully saturated rings. The van der Waals surface area contributed by atoms with E-state index in [2.05, 4.69) is 9.97 Å². The summed E-state index contributed by atoms with van der Waals surface area (Å²) in [5, 5.41) is 12.1. The van der Waals surface area contributed by atoms with Gasteiger partial charge in [0.15, 0.2) is 6.17 Å². The molecule has 9 heteroatoms. The topological polar surface area (TPSA) is 98.2 Å². The second-order valence-corrected chi connectivity index (χ2v) is 5.86. The predicted octanol–water partition coefficient (Wildman–Crippen LogP) is 2.03. The van der Waals surface area contributed by atoms with E-state index < -0.39 is 11.1 Å². The molecule has 0 bridgehead atoms. The van der Waals surface area contributed by atoms with Crippen LogP contribution >= 0.6 is 22.9 Å². The Morgan fingerprint density at radius 2 is 2.33 bits per heavy atom. The minimum Gasteiger partial charge on any atom is -0.331 e. The van der Waals surface area contributed by atoms with Gasteiger partial charge >= 0.3 is 0 Å². The zero-order chi connectivity index (χ0) is 15.0. The van der Waals surface area contributed by atoms with E-state index in [1.54, 1.807) is 17.3 Å². The molecule has 3 rings (SSSR count). The smallest absolute Gasteiger partial charge is 0.283 e. The van der Waals surface area contributed by atoms with Crippen molar-refractivity contribution in [3.05, 3.63) is 56.6 Å². The predicted molar refractivity (Wildman–Crippen MR) is 79.9 cm³/mol. The minimum absolute atomic E-state index is 0.0952. The molecule has 1 unspecified atom stereocenters. The third kappa shape index (κ3) is 2.60. The van der Waals surface area contributed by atoms with Crippen molar-refractivity contribution in [2.45, 2.75) is 12.7 Å². The van der Waals surface area contributed by atoms with Crippen LogP contribution in [0.2, 0.25) is 0 Å². The second-order valence-electron chi connectivity index (χ2n) is 4.36. The van der Waals surface area contributed by atoms with E-state index in [0.717, 1.165) is 15.2 Å². The zero-order valence-corrected chi connectivity index (χ0v) is 12.2. The Morgan fingerprint density at radius 3 is 3.05 bits per heavy atom. The third-order valence-corrected chi connectivity index (χ3v) is 4.42. The Labute approximate surface area is 128 Å². The highest BCUT2D eigenvalue weighted by Crippen LogP contribution is 2.27. The lowest BCUT2D eigenvalue weighted by Crippen LogP contribution is -2.44. The third-order valence-electron chi connectivity index (χ3n) is 3.06. The highest BCUT2D eigenvalue weighted by molar-refractivity contribution is 7.18. The summed E-state index contributed by atoms with van der Waals surface area (Å²) in [6, 6.07) is 1.87. The van der Waals surface area contributed by atoms with Gasteiger partial charge in [0.1, 0.15) is 10.2 Å². The van der Waals surface area contributed by atoms with Crippen molar-refractivity contribution >= 4 is 33.2 Å². The maximum absolute atomic E-state index is 10.9. The standard InChI is InChI=1S/C12H10ClN5O2S/c13-10-2-1-8(18(19)20)12(14)17(10)6-11-16-7-5-15-4-3-9(7)21-11/h1-5,12H,6,14H2. The van der Waals surface area contributed by atoms with Gasteiger partial charge in [-0.25, -0.2) is 4.98 Å². The number of fused-ring (bicyclic) bond motifs is 1. The lowest BCUT2D eigenvalue weighted by molar-refractivity contribution is -0.433. The second kappa shape index (κ2) is 5.40. The fraction of sp³-hybridized carbons (Fsp3) is 0.167. The molecular weight excluding hydrogens is 314 g/mol. The number of nitrogens with two attached hydrogens (primary N) is 1. The molecule has 2 N–H and O–H groups in total. The van der Waals surface area contributed by atoms with E-state index >= 15 is 0 Å². The van der Waals surface area contributed by atoms with Gasteiger partial charge in [-0.1, -0.05) is 11.6 Å². The monoisotopic (exact) mass is 323 g/mol. The highest BCUT2D eigenvalue weighted by atomic mass is 35.5. The number of nitro groups is 1. The van der Waals surface area contributed by atoms with E-state index in [4.69, 9.17) is 17.3 Å². The van der Waals surface area contributed by atoms with E-state index in [9.17, 15) is 10.1 Å². The number of nitrogens with zero attached hydrogens (tertiary/aromatic N) is 4. The first-order valence-corrected chi connectivity index (χ1v) is 7.19. The molecule has 0 radical (unpaired) electrons. The average Bonchev–Trinajstić information content (AvgIpc) is 2.85. The van der Waals surface area contributed by atoms with Crippen molar-refractivity contribution < 1.29 is 4.92 Å². The molecule has 0 aromatic carbocycles. The van der Waals surface area contributed by atoms with Crippen molar-refractivity contribution in [2.24, 2.45) is 5.73 Å². The molecule has 1 aliphatic heterocycles. The van der Waals surface area contributed by atoms with E-state index in [0.29, 0.717) is 11.7 Å². The number of hydrogen-bond acceptors (Lipinski definition) is 7. The first kappa shape index (κ1) is 13.9. The van der Waals surface area contributed by atoms with Crippen LogP contribution in [0.1, 0.15) is 5.01 Å². The number of halogens is 1. The largest absolute Gasteiger partial charge is 0.331 e. The Balaban J connectivity index is 1.88. The van der Waals surface area contributed by atoms with E-state index in [-0.39, 0.29) is 5.70 Å². The SMILES string of the molecule is NC1C([N+](=O)[O-])=CC=C(Cl)N1Cc1nc2cnccc2s1.